The van der Waals surface area contributed by atoms with E-state index in [4.69, 9.17) is 16.3 Å². The van der Waals surface area contributed by atoms with Crippen molar-refractivity contribution in [3.63, 3.8) is 0 Å². The Balaban J connectivity index is 2.28. The first-order chi connectivity index (χ1) is 7.18. The van der Waals surface area contributed by atoms with Gasteiger partial charge in [0.05, 0.1) is 16.4 Å². The zero-order chi connectivity index (χ0) is 10.8. The molecule has 0 aromatic heterocycles. The minimum atomic E-state index is -0.415. The summed E-state index contributed by atoms with van der Waals surface area (Å²) in [5, 5.41) is 10.5. The zero-order valence-electron chi connectivity index (χ0n) is 7.93. The molecule has 0 unspecified atom stereocenters. The molecule has 1 fully saturated rings. The molecule has 5 heteroatoms. The van der Waals surface area contributed by atoms with Crippen molar-refractivity contribution >= 4 is 17.3 Å². The van der Waals surface area contributed by atoms with E-state index in [-0.39, 0.29) is 17.2 Å². The first-order valence-electron chi connectivity index (χ1n) is 4.68. The van der Waals surface area contributed by atoms with E-state index in [1.54, 1.807) is 12.1 Å². The summed E-state index contributed by atoms with van der Waals surface area (Å²) < 4.78 is 5.43. The minimum Gasteiger partial charge on any atom is -0.372 e. The number of hydrogen-bond donors (Lipinski definition) is 0. The first-order valence-corrected chi connectivity index (χ1v) is 5.12. The summed E-state index contributed by atoms with van der Waals surface area (Å²) in [6, 6.07) is 6.43. The van der Waals surface area contributed by atoms with Gasteiger partial charge < -0.3 is 4.74 Å². The van der Waals surface area contributed by atoms with Crippen molar-refractivity contribution in [2.24, 2.45) is 0 Å². The second-order valence-corrected chi connectivity index (χ2v) is 4.01. The number of rotatable bonds is 2. The predicted octanol–water partition coefficient (Wildman–Crippen LogP) is 2.66. The van der Waals surface area contributed by atoms with Crippen LogP contribution in [0.4, 0.5) is 5.69 Å². The molecule has 0 radical (unpaired) electrons. The molecule has 0 bridgehead atoms. The molecule has 0 spiro atoms. The summed E-state index contributed by atoms with van der Waals surface area (Å²) in [6.45, 7) is 0.613. The van der Waals surface area contributed by atoms with E-state index < -0.39 is 4.92 Å². The number of alkyl halides is 1. The van der Waals surface area contributed by atoms with Crippen molar-refractivity contribution < 1.29 is 9.66 Å². The lowest BCUT2D eigenvalue weighted by molar-refractivity contribution is -0.385. The van der Waals surface area contributed by atoms with Gasteiger partial charge in [0, 0.05) is 18.7 Å². The lowest BCUT2D eigenvalue weighted by atomic mass is 10.1. The fraction of sp³-hybridized carbons (Fsp3) is 0.400. The van der Waals surface area contributed by atoms with E-state index in [0.717, 1.165) is 12.0 Å². The first kappa shape index (κ1) is 10.4. The maximum atomic E-state index is 10.6. The second kappa shape index (κ2) is 4.16. The van der Waals surface area contributed by atoms with Crippen LogP contribution in [-0.2, 0) is 4.74 Å². The smallest absolute Gasteiger partial charge is 0.269 e. The Labute approximate surface area is 92.0 Å². The predicted molar refractivity (Wildman–Crippen MR) is 56.0 cm³/mol. The molecule has 0 aliphatic carbocycles. The summed E-state index contributed by atoms with van der Waals surface area (Å²) in [5.74, 6) is 0. The summed E-state index contributed by atoms with van der Waals surface area (Å²) in [4.78, 5) is 10.2. The highest BCUT2D eigenvalue weighted by molar-refractivity contribution is 6.21. The van der Waals surface area contributed by atoms with Gasteiger partial charge in [-0.2, -0.15) is 0 Å². The Bertz CT molecular complexity index is 383. The quantitative estimate of drug-likeness (QED) is 0.443. The molecule has 15 heavy (non-hydrogen) atoms. The van der Waals surface area contributed by atoms with Gasteiger partial charge >= 0.3 is 0 Å². The van der Waals surface area contributed by atoms with E-state index in [2.05, 4.69) is 0 Å². The van der Waals surface area contributed by atoms with E-state index in [1.807, 2.05) is 0 Å². The van der Waals surface area contributed by atoms with Crippen molar-refractivity contribution in [1.29, 1.82) is 0 Å². The van der Waals surface area contributed by atoms with E-state index >= 15 is 0 Å². The number of ether oxygens (including phenoxy) is 1. The number of hydrogen-bond acceptors (Lipinski definition) is 3. The number of nitro benzene ring substituents is 1. The molecular weight excluding hydrogens is 218 g/mol. The monoisotopic (exact) mass is 227 g/mol. The number of nitrogens with zero attached hydrogens (tertiary/aromatic N) is 1. The molecule has 1 aromatic rings. The summed E-state index contributed by atoms with van der Waals surface area (Å²) in [7, 11) is 0. The molecule has 2 atom stereocenters. The molecule has 1 aromatic carbocycles. The molecule has 4 nitrogen and oxygen atoms in total. The highest BCUT2D eigenvalue weighted by atomic mass is 35.5. The number of benzene rings is 1. The molecule has 1 saturated heterocycles. The summed E-state index contributed by atoms with van der Waals surface area (Å²) in [6.07, 6.45) is 0.570. The fourth-order valence-corrected chi connectivity index (χ4v) is 1.99. The van der Waals surface area contributed by atoms with Gasteiger partial charge in [0.25, 0.3) is 5.69 Å². The van der Waals surface area contributed by atoms with Crippen LogP contribution in [0.1, 0.15) is 18.1 Å². The van der Waals surface area contributed by atoms with E-state index in [1.165, 1.54) is 12.1 Å². The van der Waals surface area contributed by atoms with Crippen LogP contribution in [0.5, 0.6) is 0 Å². The lowest BCUT2D eigenvalue weighted by Crippen LogP contribution is -2.06. The van der Waals surface area contributed by atoms with Crippen LogP contribution in [0.2, 0.25) is 0 Å². The van der Waals surface area contributed by atoms with E-state index in [9.17, 15) is 10.1 Å². The highest BCUT2D eigenvalue weighted by Crippen LogP contribution is 2.34. The van der Waals surface area contributed by atoms with Crippen molar-refractivity contribution in [1.82, 2.24) is 0 Å². The minimum absolute atomic E-state index is 0.0758. The van der Waals surface area contributed by atoms with Crippen LogP contribution in [0, 0.1) is 10.1 Å². The van der Waals surface area contributed by atoms with Gasteiger partial charge in [0.15, 0.2) is 0 Å². The van der Waals surface area contributed by atoms with Gasteiger partial charge in [-0.05, 0) is 12.0 Å². The third-order valence-electron chi connectivity index (χ3n) is 2.43. The Morgan fingerprint density at radius 2 is 2.33 bits per heavy atom. The molecule has 1 aliphatic rings. The maximum Gasteiger partial charge on any atom is 0.269 e. The third-order valence-corrected chi connectivity index (χ3v) is 2.88. The Kier molecular flexibility index (Phi) is 2.88. The normalized spacial score (nSPS) is 25.4. The second-order valence-electron chi connectivity index (χ2n) is 3.45. The summed E-state index contributed by atoms with van der Waals surface area (Å²) >= 11 is 6.05. The van der Waals surface area contributed by atoms with Crippen molar-refractivity contribution in [3.8, 4) is 0 Å². The number of non-ortho nitro benzene ring substituents is 1. The SMILES string of the molecule is O=[N+]([O-])c1cccc([C@@H]2OCC[C@@H]2Cl)c1. The van der Waals surface area contributed by atoms with Crippen molar-refractivity contribution in [2.75, 3.05) is 6.61 Å². The lowest BCUT2D eigenvalue weighted by Gasteiger charge is -2.12. The highest BCUT2D eigenvalue weighted by Gasteiger charge is 2.28. The van der Waals surface area contributed by atoms with Crippen LogP contribution in [-0.4, -0.2) is 16.9 Å². The zero-order valence-corrected chi connectivity index (χ0v) is 8.68. The number of nitro groups is 1. The van der Waals surface area contributed by atoms with Gasteiger partial charge in [0.2, 0.25) is 0 Å². The van der Waals surface area contributed by atoms with E-state index in [0.29, 0.717) is 6.61 Å². The van der Waals surface area contributed by atoms with Crippen LogP contribution < -0.4 is 0 Å². The van der Waals surface area contributed by atoms with Crippen LogP contribution >= 0.6 is 11.6 Å². The van der Waals surface area contributed by atoms with Gasteiger partial charge in [-0.25, -0.2) is 0 Å². The average Bonchev–Trinajstić information content (AvgIpc) is 2.64. The molecule has 0 N–H and O–H groups in total. The van der Waals surface area contributed by atoms with Crippen LogP contribution in [0.3, 0.4) is 0 Å². The van der Waals surface area contributed by atoms with Crippen molar-refractivity contribution in [2.45, 2.75) is 17.9 Å². The van der Waals surface area contributed by atoms with Crippen LogP contribution in [0.15, 0.2) is 24.3 Å². The van der Waals surface area contributed by atoms with Gasteiger partial charge in [-0.3, -0.25) is 10.1 Å². The largest absolute Gasteiger partial charge is 0.372 e. The topological polar surface area (TPSA) is 52.4 Å². The molecule has 80 valence electrons. The molecule has 1 aliphatic heterocycles. The molecule has 0 saturated carbocycles. The number of halogens is 1. The standard InChI is InChI=1S/C10H10ClNO3/c11-9-4-5-15-10(9)7-2-1-3-8(6-7)12(13)14/h1-3,6,9-10H,4-5H2/t9-,10-/m0/s1. The Morgan fingerprint density at radius 1 is 1.53 bits per heavy atom. The molecule has 0 amide bonds. The molecule has 2 rings (SSSR count). The average molecular weight is 228 g/mol. The Hall–Kier alpha value is -1.13. The third kappa shape index (κ3) is 2.11. The van der Waals surface area contributed by atoms with Crippen LogP contribution in [0.25, 0.3) is 0 Å². The van der Waals surface area contributed by atoms with Gasteiger partial charge in [-0.1, -0.05) is 12.1 Å². The molecular formula is C10H10ClNO3. The fourth-order valence-electron chi connectivity index (χ4n) is 1.68. The van der Waals surface area contributed by atoms with Crippen molar-refractivity contribution in [3.05, 3.63) is 39.9 Å². The molecule has 1 heterocycles. The van der Waals surface area contributed by atoms with Gasteiger partial charge in [0.1, 0.15) is 0 Å². The summed E-state index contributed by atoms with van der Waals surface area (Å²) in [5.41, 5.74) is 0.855. The Morgan fingerprint density at radius 3 is 2.93 bits per heavy atom. The maximum absolute atomic E-state index is 10.6. The van der Waals surface area contributed by atoms with Gasteiger partial charge in [-0.15, -0.1) is 11.6 Å².